The minimum atomic E-state index is 0.901. The molecule has 2 aromatic carbocycles. The van der Waals surface area contributed by atoms with Crippen LogP contribution in [0.2, 0.25) is 0 Å². The number of aryl methyl sites for hydroxylation is 4. The maximum Gasteiger partial charge on any atom is 0.303 e. The van der Waals surface area contributed by atoms with Crippen LogP contribution in [0.4, 0.5) is 0 Å². The summed E-state index contributed by atoms with van der Waals surface area (Å²) < 4.78 is 0. The Bertz CT molecular complexity index is 1380. The summed E-state index contributed by atoms with van der Waals surface area (Å²) in [7, 11) is 0. The Balaban J connectivity index is 2.89. The predicted octanol–water partition coefficient (Wildman–Crippen LogP) is 18.3. The lowest BCUT2D eigenvalue weighted by atomic mass is 9.82. The Morgan fingerprint density at radius 2 is 0.690 bits per heavy atom. The molecule has 0 spiro atoms. The summed E-state index contributed by atoms with van der Waals surface area (Å²) in [5, 5.41) is 0. The van der Waals surface area contributed by atoms with E-state index >= 15 is 0 Å². The van der Waals surface area contributed by atoms with E-state index in [2.05, 4.69) is 88.6 Å². The van der Waals surface area contributed by atoms with Gasteiger partial charge in [0.05, 0.1) is 5.57 Å². The highest BCUT2D eigenvalue weighted by Crippen LogP contribution is 2.37. The normalized spacial score (nSPS) is 11.8. The van der Waals surface area contributed by atoms with Gasteiger partial charge in [0.15, 0.2) is 0 Å². The van der Waals surface area contributed by atoms with Gasteiger partial charge in [-0.05, 0) is 122 Å². The first kappa shape index (κ1) is 51.5. The molecular weight excluding hydrogens is 701 g/mol. The molecule has 0 aliphatic heterocycles. The minimum absolute atomic E-state index is 0.901. The molecule has 0 atom stereocenters. The van der Waals surface area contributed by atoms with Crippen LogP contribution in [-0.4, -0.2) is 10.7 Å². The van der Waals surface area contributed by atoms with Gasteiger partial charge in [-0.1, -0.05) is 219 Å². The summed E-state index contributed by atoms with van der Waals surface area (Å²) in [6, 6.07) is 15.4. The van der Waals surface area contributed by atoms with Gasteiger partial charge >= 0.3 is 5.87 Å². The van der Waals surface area contributed by atoms with Crippen molar-refractivity contribution in [2.24, 2.45) is 0 Å². The average molecular weight is 793 g/mol. The van der Waals surface area contributed by atoms with Crippen molar-refractivity contribution in [2.45, 2.75) is 260 Å². The molecule has 0 bridgehead atoms. The van der Waals surface area contributed by atoms with Gasteiger partial charge in [-0.25, -0.2) is 0 Å². The summed E-state index contributed by atoms with van der Waals surface area (Å²) in [5.41, 5.74) is 22.8. The van der Waals surface area contributed by atoms with Gasteiger partial charge in [-0.15, -0.1) is 4.79 Å². The fourth-order valence-electron chi connectivity index (χ4n) is 8.83. The molecule has 0 radical (unpaired) electrons. The first-order valence-corrected chi connectivity index (χ1v) is 25.5. The van der Waals surface area contributed by atoms with Crippen LogP contribution in [0.25, 0.3) is 11.1 Å². The van der Waals surface area contributed by atoms with Gasteiger partial charge in [-0.2, -0.15) is 0 Å². The van der Waals surface area contributed by atoms with E-state index in [1.54, 1.807) is 0 Å². The Morgan fingerprint density at radius 1 is 0.379 bits per heavy atom. The molecule has 2 rings (SSSR count). The Hall–Kier alpha value is -2.66. The van der Waals surface area contributed by atoms with E-state index < -0.39 is 0 Å². The molecule has 326 valence electrons. The van der Waals surface area contributed by atoms with Crippen LogP contribution >= 0.6 is 0 Å². The Morgan fingerprint density at radius 3 is 1.03 bits per heavy atom. The first-order chi connectivity index (χ1) is 28.5. The van der Waals surface area contributed by atoms with E-state index in [-0.39, 0.29) is 0 Å². The molecule has 0 saturated carbocycles. The largest absolute Gasteiger partial charge is 0.348 e. The quantitative estimate of drug-likeness (QED) is 0.0215. The number of benzene rings is 2. The highest BCUT2D eigenvalue weighted by atomic mass is 14.8. The van der Waals surface area contributed by atoms with Gasteiger partial charge < -0.3 is 5.53 Å². The summed E-state index contributed by atoms with van der Waals surface area (Å²) in [4.78, 5) is 3.66. The molecule has 0 aliphatic carbocycles. The maximum absolute atomic E-state index is 10.2. The lowest BCUT2D eigenvalue weighted by Gasteiger charge is -2.21. The molecule has 58 heavy (non-hydrogen) atoms. The van der Waals surface area contributed by atoms with Crippen LogP contribution in [0, 0.1) is 0 Å². The van der Waals surface area contributed by atoms with Crippen molar-refractivity contribution in [2.75, 3.05) is 0 Å². The van der Waals surface area contributed by atoms with E-state index in [1.165, 1.54) is 205 Å². The van der Waals surface area contributed by atoms with Crippen molar-refractivity contribution in [3.05, 3.63) is 86.5 Å². The van der Waals surface area contributed by atoms with Gasteiger partial charge in [0.2, 0.25) is 0 Å². The average Bonchev–Trinajstić information content (AvgIpc) is 3.23. The zero-order valence-electron chi connectivity index (χ0n) is 39.4. The smallest absolute Gasteiger partial charge is 0.303 e. The molecule has 0 heterocycles. The van der Waals surface area contributed by atoms with E-state index in [4.69, 9.17) is 0 Å². The van der Waals surface area contributed by atoms with Crippen molar-refractivity contribution in [3.8, 4) is 0 Å². The molecule has 0 saturated heterocycles. The Kier molecular flexibility index (Phi) is 31.2. The summed E-state index contributed by atoms with van der Waals surface area (Å²) in [5.74, 6) is 3.21. The van der Waals surface area contributed by atoms with Crippen LogP contribution in [0.15, 0.2) is 47.5 Å². The second-order valence-corrected chi connectivity index (χ2v) is 17.9. The van der Waals surface area contributed by atoms with Crippen molar-refractivity contribution < 1.29 is 4.79 Å². The first-order valence-electron chi connectivity index (χ1n) is 25.5. The van der Waals surface area contributed by atoms with E-state index in [0.717, 1.165) is 63.4 Å². The molecule has 0 aromatic heterocycles. The topological polar surface area (TPSA) is 36.4 Å². The lowest BCUT2D eigenvalue weighted by Crippen LogP contribution is -2.04. The third kappa shape index (κ3) is 22.6. The molecule has 2 aromatic rings. The number of hydrogen-bond donors (Lipinski definition) is 0. The van der Waals surface area contributed by atoms with Crippen molar-refractivity contribution in [3.63, 3.8) is 0 Å². The molecule has 2 nitrogen and oxygen atoms in total. The fraction of sp³-hybridized carbons (Fsp3) is 0.714. The molecule has 2 heteroatoms. The number of nitrogens with zero attached hydrogens (tertiary/aromatic N) is 2. The molecule has 0 unspecified atom stereocenters. The van der Waals surface area contributed by atoms with E-state index in [9.17, 15) is 5.53 Å². The molecule has 0 aliphatic rings. The summed E-state index contributed by atoms with van der Waals surface area (Å²) in [6.45, 7) is 13.9. The molecular formula is C56H92N2. The highest BCUT2D eigenvalue weighted by molar-refractivity contribution is 5.87. The van der Waals surface area contributed by atoms with Gasteiger partial charge in [0.25, 0.3) is 0 Å². The second-order valence-electron chi connectivity index (χ2n) is 17.9. The van der Waals surface area contributed by atoms with E-state index in [1.807, 2.05) is 0 Å². The van der Waals surface area contributed by atoms with Crippen LogP contribution in [0.1, 0.15) is 268 Å². The van der Waals surface area contributed by atoms with Gasteiger partial charge in [0.1, 0.15) is 0 Å². The van der Waals surface area contributed by atoms with E-state index in [0.29, 0.717) is 0 Å². The van der Waals surface area contributed by atoms with Crippen molar-refractivity contribution >= 4 is 11.4 Å². The standard InChI is InChI=1S/C56H92N2/c1-7-13-19-24-27-32-37-50-42-51(38-33-28-25-20-14-8-2)46-54(45-50)56(55(40-34-29-26-21-15-9-3)52(47-58-57)39-18-12-6)53-43-48(35-30-22-16-10-4)41-49(44-53)36-31-23-17-11-5/h41-46H,7-40H2,1-6H3. The zero-order valence-corrected chi connectivity index (χ0v) is 39.4. The summed E-state index contributed by atoms with van der Waals surface area (Å²) >= 11 is 0. The number of hydrogen-bond acceptors (Lipinski definition) is 0. The highest BCUT2D eigenvalue weighted by Gasteiger charge is 2.20. The minimum Gasteiger partial charge on any atom is -0.348 e. The fourth-order valence-corrected chi connectivity index (χ4v) is 8.83. The number of unbranched alkanes of at least 4 members (excludes halogenated alkanes) is 22. The zero-order chi connectivity index (χ0) is 41.9. The second kappa shape index (κ2) is 35.1. The monoisotopic (exact) mass is 793 g/mol. The molecule has 0 N–H and O–H groups in total. The van der Waals surface area contributed by atoms with Gasteiger partial charge in [-0.3, -0.25) is 0 Å². The number of allylic oxidation sites excluding steroid dienone is 2. The van der Waals surface area contributed by atoms with Crippen LogP contribution in [-0.2, 0) is 25.7 Å². The van der Waals surface area contributed by atoms with Gasteiger partial charge in [0, 0.05) is 0 Å². The number of rotatable bonds is 37. The van der Waals surface area contributed by atoms with Crippen LogP contribution < -0.4 is 0 Å². The maximum atomic E-state index is 10.2. The van der Waals surface area contributed by atoms with Crippen LogP contribution in [0.3, 0.4) is 0 Å². The van der Waals surface area contributed by atoms with Crippen LogP contribution in [0.5, 0.6) is 0 Å². The predicted molar refractivity (Wildman–Crippen MR) is 258 cm³/mol. The third-order valence-electron chi connectivity index (χ3n) is 12.4. The molecule has 0 amide bonds. The summed E-state index contributed by atoms with van der Waals surface area (Å²) in [6.07, 6.45) is 42.5. The third-order valence-corrected chi connectivity index (χ3v) is 12.4. The van der Waals surface area contributed by atoms with Crippen molar-refractivity contribution in [1.82, 2.24) is 0 Å². The SMILES string of the molecule is CCCCCCCCC(C(=C=[N+]=[N-])CCCC)=C(c1cc(CCCCCC)cc(CCCCCC)c1)c1cc(CCCCCCCC)cc(CCCCCCCC)c1. The van der Waals surface area contributed by atoms with Crippen molar-refractivity contribution in [1.29, 1.82) is 0 Å². The Labute approximate surface area is 361 Å². The lowest BCUT2D eigenvalue weighted by molar-refractivity contribution is 0.00739. The molecule has 0 fully saturated rings.